The standard InChI is InChI=1S/C19H31N/c1-4-12-20-19(14-16-6-5-7-16)18-10-8-17(9-11-18)13-15(2)3/h8-11,15-16,19-20H,4-7,12-14H2,1-3H3. The van der Waals surface area contributed by atoms with Crippen molar-refractivity contribution in [2.75, 3.05) is 6.54 Å². The summed E-state index contributed by atoms with van der Waals surface area (Å²) < 4.78 is 0. The van der Waals surface area contributed by atoms with Crippen LogP contribution in [-0.2, 0) is 6.42 Å². The highest BCUT2D eigenvalue weighted by atomic mass is 14.9. The normalized spacial score (nSPS) is 17.2. The second-order valence-electron chi connectivity index (χ2n) is 6.88. The Morgan fingerprint density at radius 1 is 1.15 bits per heavy atom. The highest BCUT2D eigenvalue weighted by molar-refractivity contribution is 5.25. The number of nitrogens with one attached hydrogen (secondary N) is 1. The minimum absolute atomic E-state index is 0.563. The van der Waals surface area contributed by atoms with Crippen molar-refractivity contribution in [3.8, 4) is 0 Å². The molecule has 1 aliphatic rings. The molecular formula is C19H31N. The van der Waals surface area contributed by atoms with Gasteiger partial charge >= 0.3 is 0 Å². The molecule has 2 rings (SSSR count). The van der Waals surface area contributed by atoms with Crippen molar-refractivity contribution in [1.82, 2.24) is 5.32 Å². The quantitative estimate of drug-likeness (QED) is 0.693. The highest BCUT2D eigenvalue weighted by Crippen LogP contribution is 2.34. The third-order valence-corrected chi connectivity index (χ3v) is 4.46. The fourth-order valence-electron chi connectivity index (χ4n) is 3.08. The van der Waals surface area contributed by atoms with E-state index in [9.17, 15) is 0 Å². The molecule has 0 bridgehead atoms. The predicted octanol–water partition coefficient (Wildman–Crippen LogP) is 5.12. The zero-order valence-corrected chi connectivity index (χ0v) is 13.5. The third-order valence-electron chi connectivity index (χ3n) is 4.46. The van der Waals surface area contributed by atoms with Crippen molar-refractivity contribution in [2.45, 2.75) is 65.3 Å². The monoisotopic (exact) mass is 273 g/mol. The Balaban J connectivity index is 1.98. The molecule has 0 aromatic heterocycles. The Morgan fingerprint density at radius 3 is 2.35 bits per heavy atom. The van der Waals surface area contributed by atoms with Crippen LogP contribution in [0, 0.1) is 11.8 Å². The molecule has 1 aliphatic carbocycles. The largest absolute Gasteiger partial charge is 0.310 e. The first-order valence-electron chi connectivity index (χ1n) is 8.51. The number of rotatable bonds is 8. The molecular weight excluding hydrogens is 242 g/mol. The van der Waals surface area contributed by atoms with Crippen molar-refractivity contribution < 1.29 is 0 Å². The van der Waals surface area contributed by atoms with E-state index >= 15 is 0 Å². The van der Waals surface area contributed by atoms with Crippen LogP contribution < -0.4 is 5.32 Å². The zero-order valence-electron chi connectivity index (χ0n) is 13.5. The van der Waals surface area contributed by atoms with E-state index in [1.807, 2.05) is 0 Å². The molecule has 1 nitrogen and oxygen atoms in total. The average molecular weight is 273 g/mol. The van der Waals surface area contributed by atoms with Crippen LogP contribution in [0.25, 0.3) is 0 Å². The van der Waals surface area contributed by atoms with Crippen LogP contribution in [0.1, 0.15) is 70.0 Å². The molecule has 1 fully saturated rings. The summed E-state index contributed by atoms with van der Waals surface area (Å²) in [4.78, 5) is 0. The van der Waals surface area contributed by atoms with E-state index in [1.54, 1.807) is 0 Å². The average Bonchev–Trinajstić information content (AvgIpc) is 2.37. The lowest BCUT2D eigenvalue weighted by atomic mass is 9.79. The van der Waals surface area contributed by atoms with Gasteiger partial charge in [-0.05, 0) is 48.8 Å². The maximum Gasteiger partial charge on any atom is 0.0322 e. The molecule has 1 aromatic rings. The summed E-state index contributed by atoms with van der Waals surface area (Å²) in [7, 11) is 0. The van der Waals surface area contributed by atoms with Crippen LogP contribution >= 0.6 is 0 Å². The van der Waals surface area contributed by atoms with E-state index < -0.39 is 0 Å². The lowest BCUT2D eigenvalue weighted by Crippen LogP contribution is -2.26. The van der Waals surface area contributed by atoms with E-state index in [0.29, 0.717) is 6.04 Å². The minimum atomic E-state index is 0.563. The van der Waals surface area contributed by atoms with Gasteiger partial charge in [0.2, 0.25) is 0 Å². The van der Waals surface area contributed by atoms with E-state index in [2.05, 4.69) is 50.4 Å². The SMILES string of the molecule is CCCNC(CC1CCC1)c1ccc(CC(C)C)cc1. The fraction of sp³-hybridized carbons (Fsp3) is 0.684. The number of benzene rings is 1. The Morgan fingerprint density at radius 2 is 1.85 bits per heavy atom. The summed E-state index contributed by atoms with van der Waals surface area (Å²) >= 11 is 0. The summed E-state index contributed by atoms with van der Waals surface area (Å²) in [5.41, 5.74) is 2.96. The molecule has 1 unspecified atom stereocenters. The van der Waals surface area contributed by atoms with E-state index in [1.165, 1.54) is 49.7 Å². The van der Waals surface area contributed by atoms with Gasteiger partial charge in [0.15, 0.2) is 0 Å². The van der Waals surface area contributed by atoms with Gasteiger partial charge < -0.3 is 5.32 Å². The Kier molecular flexibility index (Phi) is 6.09. The first-order chi connectivity index (χ1) is 9.69. The molecule has 1 heteroatoms. The fourth-order valence-corrected chi connectivity index (χ4v) is 3.08. The maximum absolute atomic E-state index is 3.75. The van der Waals surface area contributed by atoms with Crippen LogP contribution in [0.3, 0.4) is 0 Å². The van der Waals surface area contributed by atoms with Crippen LogP contribution in [0.5, 0.6) is 0 Å². The van der Waals surface area contributed by atoms with Gasteiger partial charge in [-0.15, -0.1) is 0 Å². The molecule has 20 heavy (non-hydrogen) atoms. The maximum atomic E-state index is 3.75. The van der Waals surface area contributed by atoms with Crippen molar-refractivity contribution in [2.24, 2.45) is 11.8 Å². The molecule has 1 saturated carbocycles. The summed E-state index contributed by atoms with van der Waals surface area (Å²) in [6.07, 6.45) is 8.05. The first kappa shape index (κ1) is 15.6. The van der Waals surface area contributed by atoms with Crippen molar-refractivity contribution >= 4 is 0 Å². The molecule has 1 aromatic carbocycles. The topological polar surface area (TPSA) is 12.0 Å². The van der Waals surface area contributed by atoms with E-state index in [4.69, 9.17) is 0 Å². The van der Waals surface area contributed by atoms with Gasteiger partial charge in [-0.2, -0.15) is 0 Å². The Bertz CT molecular complexity index is 375. The van der Waals surface area contributed by atoms with Gasteiger partial charge in [0.25, 0.3) is 0 Å². The summed E-state index contributed by atoms with van der Waals surface area (Å²) in [5.74, 6) is 1.70. The number of hydrogen-bond acceptors (Lipinski definition) is 1. The number of hydrogen-bond donors (Lipinski definition) is 1. The smallest absolute Gasteiger partial charge is 0.0322 e. The predicted molar refractivity (Wildman–Crippen MR) is 88.0 cm³/mol. The molecule has 0 aliphatic heterocycles. The summed E-state index contributed by atoms with van der Waals surface area (Å²) in [5, 5.41) is 3.75. The summed E-state index contributed by atoms with van der Waals surface area (Å²) in [6.45, 7) is 7.95. The second kappa shape index (κ2) is 7.83. The van der Waals surface area contributed by atoms with Crippen LogP contribution in [0.15, 0.2) is 24.3 Å². The molecule has 0 radical (unpaired) electrons. The molecule has 0 spiro atoms. The van der Waals surface area contributed by atoms with E-state index in [0.717, 1.165) is 18.4 Å². The van der Waals surface area contributed by atoms with Crippen LogP contribution in [-0.4, -0.2) is 6.54 Å². The van der Waals surface area contributed by atoms with Crippen molar-refractivity contribution in [3.63, 3.8) is 0 Å². The second-order valence-corrected chi connectivity index (χ2v) is 6.88. The highest BCUT2D eigenvalue weighted by Gasteiger charge is 2.22. The van der Waals surface area contributed by atoms with Gasteiger partial charge in [0.1, 0.15) is 0 Å². The van der Waals surface area contributed by atoms with Gasteiger partial charge in [0.05, 0.1) is 0 Å². The zero-order chi connectivity index (χ0) is 14.4. The van der Waals surface area contributed by atoms with Gasteiger partial charge in [-0.1, -0.05) is 64.3 Å². The lowest BCUT2D eigenvalue weighted by molar-refractivity contribution is 0.261. The van der Waals surface area contributed by atoms with Crippen LogP contribution in [0.4, 0.5) is 0 Å². The lowest BCUT2D eigenvalue weighted by Gasteiger charge is -2.30. The molecule has 0 heterocycles. The molecule has 0 amide bonds. The molecule has 1 atom stereocenters. The Labute approximate surface area is 125 Å². The van der Waals surface area contributed by atoms with Gasteiger partial charge in [0, 0.05) is 6.04 Å². The third kappa shape index (κ3) is 4.63. The van der Waals surface area contributed by atoms with Crippen molar-refractivity contribution in [3.05, 3.63) is 35.4 Å². The van der Waals surface area contributed by atoms with Gasteiger partial charge in [-0.3, -0.25) is 0 Å². The molecule has 0 saturated heterocycles. The minimum Gasteiger partial charge on any atom is -0.310 e. The van der Waals surface area contributed by atoms with Crippen molar-refractivity contribution in [1.29, 1.82) is 0 Å². The van der Waals surface area contributed by atoms with Crippen LogP contribution in [0.2, 0.25) is 0 Å². The first-order valence-corrected chi connectivity index (χ1v) is 8.51. The van der Waals surface area contributed by atoms with Gasteiger partial charge in [-0.25, -0.2) is 0 Å². The Hall–Kier alpha value is -0.820. The molecule has 112 valence electrons. The molecule has 1 N–H and O–H groups in total. The summed E-state index contributed by atoms with van der Waals surface area (Å²) in [6, 6.07) is 9.93. The van der Waals surface area contributed by atoms with E-state index in [-0.39, 0.29) is 0 Å².